The lowest BCUT2D eigenvalue weighted by Crippen LogP contribution is -2.23. The Bertz CT molecular complexity index is 398. The molecule has 1 atom stereocenters. The van der Waals surface area contributed by atoms with Gasteiger partial charge < -0.3 is 4.74 Å². The van der Waals surface area contributed by atoms with Gasteiger partial charge in [0.25, 0.3) is 0 Å². The molecule has 1 aromatic carbocycles. The molecular weight excluding hydrogens is 252 g/mol. The van der Waals surface area contributed by atoms with E-state index in [2.05, 4.69) is 0 Å². The van der Waals surface area contributed by atoms with Gasteiger partial charge in [-0.25, -0.2) is 4.39 Å². The number of hydrogen-bond donors (Lipinski definition) is 0. The molecule has 0 aromatic heterocycles. The molecule has 0 spiro atoms. The third kappa shape index (κ3) is 4.83. The number of halogens is 4. The van der Waals surface area contributed by atoms with Crippen molar-refractivity contribution in [2.45, 2.75) is 25.6 Å². The number of ether oxygens (including phenoxy) is 1. The molecule has 100 valence electrons. The highest BCUT2D eigenvalue weighted by molar-refractivity contribution is 5.99. The van der Waals surface area contributed by atoms with Gasteiger partial charge in [-0.15, -0.1) is 0 Å². The molecule has 1 unspecified atom stereocenters. The molecule has 2 nitrogen and oxygen atoms in total. The highest BCUT2D eigenvalue weighted by atomic mass is 19.4. The van der Waals surface area contributed by atoms with E-state index in [1.807, 2.05) is 0 Å². The molecular formula is C12H12F4O2. The molecule has 0 bridgehead atoms. The van der Waals surface area contributed by atoms with Crippen molar-refractivity contribution in [1.82, 2.24) is 0 Å². The Morgan fingerprint density at radius 1 is 1.28 bits per heavy atom. The summed E-state index contributed by atoms with van der Waals surface area (Å²) in [6.45, 7) is 0.791. The van der Waals surface area contributed by atoms with Crippen LogP contribution in [0.5, 0.6) is 0 Å². The first-order valence-electron chi connectivity index (χ1n) is 5.28. The number of benzene rings is 1. The summed E-state index contributed by atoms with van der Waals surface area (Å²) in [6, 6.07) is 4.74. The van der Waals surface area contributed by atoms with Gasteiger partial charge >= 0.3 is 6.18 Å². The second-order valence-electron chi connectivity index (χ2n) is 3.75. The van der Waals surface area contributed by atoms with Gasteiger partial charge in [0.15, 0.2) is 5.78 Å². The van der Waals surface area contributed by atoms with E-state index in [-0.39, 0.29) is 5.56 Å². The van der Waals surface area contributed by atoms with E-state index in [0.29, 0.717) is 0 Å². The Balaban J connectivity index is 2.49. The van der Waals surface area contributed by atoms with E-state index < -0.39 is 36.9 Å². The summed E-state index contributed by atoms with van der Waals surface area (Å²) in [6.07, 6.45) is -6.40. The molecule has 0 fully saturated rings. The van der Waals surface area contributed by atoms with E-state index in [1.54, 1.807) is 0 Å². The van der Waals surface area contributed by atoms with Gasteiger partial charge in [0.05, 0.1) is 13.0 Å². The molecule has 0 aliphatic rings. The molecule has 0 N–H and O–H groups in total. The molecule has 0 saturated heterocycles. The number of hydrogen-bond acceptors (Lipinski definition) is 2. The zero-order chi connectivity index (χ0) is 13.8. The maximum Gasteiger partial charge on any atom is 0.391 e. The quantitative estimate of drug-likeness (QED) is 0.602. The molecule has 1 aromatic rings. The van der Waals surface area contributed by atoms with Crippen LogP contribution in [0.2, 0.25) is 0 Å². The summed E-state index contributed by atoms with van der Waals surface area (Å²) in [4.78, 5) is 11.7. The van der Waals surface area contributed by atoms with Gasteiger partial charge in [0, 0.05) is 5.56 Å². The smallest absolute Gasteiger partial charge is 0.370 e. The SMILES string of the molecule is CC(OCCC(F)(F)F)C(=O)c1ccc(F)cc1. The third-order valence-corrected chi connectivity index (χ3v) is 2.25. The van der Waals surface area contributed by atoms with Crippen LogP contribution >= 0.6 is 0 Å². The molecule has 6 heteroatoms. The average Bonchev–Trinajstić information content (AvgIpc) is 2.27. The minimum absolute atomic E-state index is 0.205. The normalized spacial score (nSPS) is 13.4. The summed E-state index contributed by atoms with van der Waals surface area (Å²) in [7, 11) is 0. The zero-order valence-corrected chi connectivity index (χ0v) is 9.63. The van der Waals surface area contributed by atoms with Crippen molar-refractivity contribution >= 4 is 5.78 Å². The lowest BCUT2D eigenvalue weighted by atomic mass is 10.1. The van der Waals surface area contributed by atoms with E-state index in [4.69, 9.17) is 4.74 Å². The summed E-state index contributed by atoms with van der Waals surface area (Å²) in [5, 5.41) is 0. The van der Waals surface area contributed by atoms with Gasteiger partial charge in [-0.1, -0.05) is 0 Å². The molecule has 18 heavy (non-hydrogen) atoms. The van der Waals surface area contributed by atoms with E-state index in [1.165, 1.54) is 19.1 Å². The third-order valence-electron chi connectivity index (χ3n) is 2.25. The highest BCUT2D eigenvalue weighted by Crippen LogP contribution is 2.19. The lowest BCUT2D eigenvalue weighted by Gasteiger charge is -2.13. The summed E-state index contributed by atoms with van der Waals surface area (Å²) >= 11 is 0. The minimum atomic E-state index is -4.31. The number of carbonyl (C=O) groups excluding carboxylic acids is 1. The monoisotopic (exact) mass is 264 g/mol. The first kappa shape index (κ1) is 14.6. The Morgan fingerprint density at radius 3 is 2.33 bits per heavy atom. The van der Waals surface area contributed by atoms with Crippen LogP contribution in [0.4, 0.5) is 17.6 Å². The van der Waals surface area contributed by atoms with Gasteiger partial charge in [0.2, 0.25) is 0 Å². The van der Waals surface area contributed by atoms with Crippen molar-refractivity contribution < 1.29 is 27.1 Å². The summed E-state index contributed by atoms with van der Waals surface area (Å²) in [5.74, 6) is -0.964. The van der Waals surface area contributed by atoms with Crippen LogP contribution in [-0.2, 0) is 4.74 Å². The molecule has 0 heterocycles. The van der Waals surface area contributed by atoms with Crippen molar-refractivity contribution in [1.29, 1.82) is 0 Å². The fourth-order valence-electron chi connectivity index (χ4n) is 1.28. The number of rotatable bonds is 5. The summed E-state index contributed by atoms with van der Waals surface area (Å²) < 4.78 is 53.0. The fourth-order valence-corrected chi connectivity index (χ4v) is 1.28. The zero-order valence-electron chi connectivity index (χ0n) is 9.63. The molecule has 0 aliphatic carbocycles. The van der Waals surface area contributed by atoms with Crippen LogP contribution in [0.25, 0.3) is 0 Å². The van der Waals surface area contributed by atoms with Crippen molar-refractivity contribution in [2.75, 3.05) is 6.61 Å². The summed E-state index contributed by atoms with van der Waals surface area (Å²) in [5.41, 5.74) is 0.205. The van der Waals surface area contributed by atoms with E-state index in [9.17, 15) is 22.4 Å². The van der Waals surface area contributed by atoms with Gasteiger partial charge in [-0.05, 0) is 31.2 Å². The van der Waals surface area contributed by atoms with Gasteiger partial charge in [-0.2, -0.15) is 13.2 Å². The van der Waals surface area contributed by atoms with Crippen LogP contribution in [0.1, 0.15) is 23.7 Å². The first-order chi connectivity index (χ1) is 8.29. The van der Waals surface area contributed by atoms with Gasteiger partial charge in [-0.3, -0.25) is 4.79 Å². The number of alkyl halides is 3. The average molecular weight is 264 g/mol. The second kappa shape index (κ2) is 5.95. The standard InChI is InChI=1S/C12H12F4O2/c1-8(18-7-6-12(14,15)16)11(17)9-2-4-10(13)5-3-9/h2-5,8H,6-7H2,1H3. The van der Waals surface area contributed by atoms with Crippen LogP contribution in [-0.4, -0.2) is 24.7 Å². The molecule has 0 aliphatic heterocycles. The van der Waals surface area contributed by atoms with E-state index >= 15 is 0 Å². The van der Waals surface area contributed by atoms with Crippen molar-refractivity contribution in [3.63, 3.8) is 0 Å². The Hall–Kier alpha value is -1.43. The Kier molecular flexibility index (Phi) is 4.84. The predicted octanol–water partition coefficient (Wildman–Crippen LogP) is 3.37. The molecule has 1 rings (SSSR count). The Labute approximate surface area is 102 Å². The first-order valence-corrected chi connectivity index (χ1v) is 5.28. The number of Topliss-reactive ketones (excluding diaryl/α,β-unsaturated/α-hetero) is 1. The maximum absolute atomic E-state index is 12.6. The van der Waals surface area contributed by atoms with E-state index in [0.717, 1.165) is 12.1 Å². The van der Waals surface area contributed by atoms with Crippen LogP contribution in [0.3, 0.4) is 0 Å². The van der Waals surface area contributed by atoms with Gasteiger partial charge in [0.1, 0.15) is 11.9 Å². The predicted molar refractivity (Wildman–Crippen MR) is 56.8 cm³/mol. The lowest BCUT2D eigenvalue weighted by molar-refractivity contribution is -0.146. The van der Waals surface area contributed by atoms with Crippen molar-refractivity contribution in [3.8, 4) is 0 Å². The topological polar surface area (TPSA) is 26.3 Å². The Morgan fingerprint density at radius 2 is 1.83 bits per heavy atom. The van der Waals surface area contributed by atoms with Crippen molar-refractivity contribution in [2.24, 2.45) is 0 Å². The van der Waals surface area contributed by atoms with Crippen LogP contribution < -0.4 is 0 Å². The van der Waals surface area contributed by atoms with Crippen LogP contribution in [0, 0.1) is 5.82 Å². The largest absolute Gasteiger partial charge is 0.391 e. The van der Waals surface area contributed by atoms with Crippen molar-refractivity contribution in [3.05, 3.63) is 35.6 Å². The van der Waals surface area contributed by atoms with Crippen LogP contribution in [0.15, 0.2) is 24.3 Å². The maximum atomic E-state index is 12.6. The minimum Gasteiger partial charge on any atom is -0.370 e. The number of carbonyl (C=O) groups is 1. The molecule has 0 saturated carbocycles. The molecule has 0 amide bonds. The second-order valence-corrected chi connectivity index (χ2v) is 3.75. The highest BCUT2D eigenvalue weighted by Gasteiger charge is 2.27. The fraction of sp³-hybridized carbons (Fsp3) is 0.417. The molecule has 0 radical (unpaired) electrons. The number of ketones is 1.